The van der Waals surface area contributed by atoms with Gasteiger partial charge in [0, 0.05) is 6.92 Å². The lowest BCUT2D eigenvalue weighted by molar-refractivity contribution is -0.144. The van der Waals surface area contributed by atoms with Crippen LogP contribution in [0.25, 0.3) is 0 Å². The summed E-state index contributed by atoms with van der Waals surface area (Å²) in [5.41, 5.74) is 0. The van der Waals surface area contributed by atoms with Crippen molar-refractivity contribution in [3.8, 4) is 0 Å². The minimum absolute atomic E-state index is 0.208. The van der Waals surface area contributed by atoms with Crippen LogP contribution in [0.15, 0.2) is 24.3 Å². The lowest BCUT2D eigenvalue weighted by atomic mass is 10.00. The molecule has 2 unspecified atom stereocenters. The fourth-order valence-electron chi connectivity index (χ4n) is 1.03. The van der Waals surface area contributed by atoms with Crippen molar-refractivity contribution in [3.05, 3.63) is 24.3 Å². The highest BCUT2D eigenvalue weighted by molar-refractivity contribution is 9.10. The third kappa shape index (κ3) is 2.21. The number of carbonyl (C=O) groups is 1. The van der Waals surface area contributed by atoms with Crippen molar-refractivity contribution in [1.82, 2.24) is 0 Å². The Kier molecular flexibility index (Phi) is 2.73. The number of rotatable bonds is 1. The monoisotopic (exact) mass is 230 g/mol. The van der Waals surface area contributed by atoms with Crippen molar-refractivity contribution < 1.29 is 9.53 Å². The van der Waals surface area contributed by atoms with Crippen LogP contribution in [-0.2, 0) is 9.53 Å². The van der Waals surface area contributed by atoms with Crippen LogP contribution in [0.4, 0.5) is 0 Å². The van der Waals surface area contributed by atoms with Crippen LogP contribution >= 0.6 is 15.9 Å². The van der Waals surface area contributed by atoms with Crippen LogP contribution in [0.5, 0.6) is 0 Å². The van der Waals surface area contributed by atoms with E-state index in [9.17, 15) is 4.79 Å². The first-order chi connectivity index (χ1) is 5.52. The zero-order valence-electron chi connectivity index (χ0n) is 7.08. The van der Waals surface area contributed by atoms with Crippen molar-refractivity contribution in [2.75, 3.05) is 0 Å². The number of carbonyl (C=O) groups excluding carboxylic acids is 1. The first-order valence-corrected chi connectivity index (χ1v) is 4.54. The SMILES string of the molecule is CC(=O)OC1C=CC=CC1(C)Br. The highest BCUT2D eigenvalue weighted by Crippen LogP contribution is 2.29. The van der Waals surface area contributed by atoms with E-state index in [0.29, 0.717) is 0 Å². The maximum absolute atomic E-state index is 10.7. The van der Waals surface area contributed by atoms with Crippen LogP contribution in [0.2, 0.25) is 0 Å². The van der Waals surface area contributed by atoms with Crippen molar-refractivity contribution in [3.63, 3.8) is 0 Å². The Bertz CT molecular complexity index is 241. The molecule has 1 aliphatic rings. The van der Waals surface area contributed by atoms with E-state index in [4.69, 9.17) is 4.74 Å². The fraction of sp³-hybridized carbons (Fsp3) is 0.444. The summed E-state index contributed by atoms with van der Waals surface area (Å²) in [5, 5.41) is 0. The average Bonchev–Trinajstić information content (AvgIpc) is 1.92. The van der Waals surface area contributed by atoms with E-state index in [2.05, 4.69) is 15.9 Å². The number of hydrogen-bond acceptors (Lipinski definition) is 2. The number of esters is 1. The molecule has 0 saturated carbocycles. The van der Waals surface area contributed by atoms with E-state index in [1.54, 1.807) is 0 Å². The smallest absolute Gasteiger partial charge is 0.303 e. The minimum atomic E-state index is -0.270. The molecule has 0 bridgehead atoms. The largest absolute Gasteiger partial charge is 0.456 e. The third-order valence-corrected chi connectivity index (χ3v) is 2.38. The van der Waals surface area contributed by atoms with Gasteiger partial charge in [-0.25, -0.2) is 0 Å². The molecule has 0 radical (unpaired) electrons. The Morgan fingerprint density at radius 2 is 2.25 bits per heavy atom. The first-order valence-electron chi connectivity index (χ1n) is 3.74. The summed E-state index contributed by atoms with van der Waals surface area (Å²) in [5.74, 6) is -0.259. The molecule has 12 heavy (non-hydrogen) atoms. The predicted octanol–water partition coefficient (Wildman–Crippen LogP) is 2.20. The van der Waals surface area contributed by atoms with Crippen LogP contribution in [0, 0.1) is 0 Å². The van der Waals surface area contributed by atoms with Gasteiger partial charge in [0.25, 0.3) is 0 Å². The number of allylic oxidation sites excluding steroid dienone is 2. The standard InChI is InChI=1S/C9H11BrO2/c1-7(11)12-8-5-3-4-6-9(8,2)10/h3-6,8H,1-2H3. The van der Waals surface area contributed by atoms with E-state index in [0.717, 1.165) is 0 Å². The summed E-state index contributed by atoms with van der Waals surface area (Å²) >= 11 is 3.47. The average molecular weight is 231 g/mol. The summed E-state index contributed by atoms with van der Waals surface area (Å²) in [4.78, 5) is 10.7. The molecule has 0 saturated heterocycles. The van der Waals surface area contributed by atoms with Gasteiger partial charge in [0.1, 0.15) is 6.10 Å². The summed E-state index contributed by atoms with van der Waals surface area (Å²) in [6, 6.07) is 0. The number of ether oxygens (including phenoxy) is 1. The Morgan fingerprint density at radius 3 is 2.75 bits per heavy atom. The maximum atomic E-state index is 10.7. The minimum Gasteiger partial charge on any atom is -0.456 e. The molecule has 2 nitrogen and oxygen atoms in total. The van der Waals surface area contributed by atoms with Gasteiger partial charge in [-0.05, 0) is 13.0 Å². The first kappa shape index (κ1) is 9.52. The second kappa shape index (κ2) is 3.44. The lowest BCUT2D eigenvalue weighted by Crippen LogP contribution is -2.34. The zero-order chi connectivity index (χ0) is 9.19. The number of alkyl halides is 1. The molecule has 0 aromatic heterocycles. The molecular formula is C9H11BrO2. The van der Waals surface area contributed by atoms with E-state index >= 15 is 0 Å². The van der Waals surface area contributed by atoms with E-state index in [-0.39, 0.29) is 16.4 Å². The molecule has 0 heterocycles. The zero-order valence-corrected chi connectivity index (χ0v) is 8.67. The number of halogens is 1. The Hall–Kier alpha value is -0.570. The third-order valence-electron chi connectivity index (χ3n) is 1.67. The Balaban J connectivity index is 2.70. The van der Waals surface area contributed by atoms with Crippen LogP contribution in [0.3, 0.4) is 0 Å². The molecule has 2 atom stereocenters. The van der Waals surface area contributed by atoms with Crippen LogP contribution in [0.1, 0.15) is 13.8 Å². The van der Waals surface area contributed by atoms with E-state index in [1.165, 1.54) is 6.92 Å². The quantitative estimate of drug-likeness (QED) is 0.510. The molecule has 3 heteroatoms. The summed E-state index contributed by atoms with van der Waals surface area (Å²) in [7, 11) is 0. The van der Waals surface area contributed by atoms with Gasteiger partial charge in [0.2, 0.25) is 0 Å². The van der Waals surface area contributed by atoms with E-state index in [1.807, 2.05) is 31.2 Å². The van der Waals surface area contributed by atoms with Gasteiger partial charge in [0.15, 0.2) is 0 Å². The fourth-order valence-corrected chi connectivity index (χ4v) is 1.42. The van der Waals surface area contributed by atoms with Gasteiger partial charge in [-0.1, -0.05) is 34.2 Å². The topological polar surface area (TPSA) is 26.3 Å². The molecule has 1 aliphatic carbocycles. The van der Waals surface area contributed by atoms with Gasteiger partial charge in [-0.15, -0.1) is 0 Å². The van der Waals surface area contributed by atoms with Gasteiger partial charge in [-0.2, -0.15) is 0 Å². The van der Waals surface area contributed by atoms with E-state index < -0.39 is 0 Å². The predicted molar refractivity (Wildman–Crippen MR) is 51.2 cm³/mol. The van der Waals surface area contributed by atoms with Gasteiger partial charge < -0.3 is 4.74 Å². The molecule has 1 rings (SSSR count). The van der Waals surface area contributed by atoms with Crippen LogP contribution in [-0.4, -0.2) is 16.4 Å². The second-order valence-corrected chi connectivity index (χ2v) is 4.63. The molecule has 66 valence electrons. The normalized spacial score (nSPS) is 33.4. The highest BCUT2D eigenvalue weighted by Gasteiger charge is 2.30. The summed E-state index contributed by atoms with van der Waals surface area (Å²) in [6.45, 7) is 3.37. The highest BCUT2D eigenvalue weighted by atomic mass is 79.9. The lowest BCUT2D eigenvalue weighted by Gasteiger charge is -2.28. The molecule has 0 amide bonds. The molecule has 0 spiro atoms. The Labute approximate surface area is 80.4 Å². The number of hydrogen-bond donors (Lipinski definition) is 0. The van der Waals surface area contributed by atoms with Crippen molar-refractivity contribution in [1.29, 1.82) is 0 Å². The molecular weight excluding hydrogens is 220 g/mol. The van der Waals surface area contributed by atoms with Crippen molar-refractivity contribution in [2.45, 2.75) is 24.3 Å². The molecule has 0 fully saturated rings. The second-order valence-electron chi connectivity index (χ2n) is 2.93. The summed E-state index contributed by atoms with van der Waals surface area (Å²) in [6.07, 6.45) is 7.40. The molecule has 0 aliphatic heterocycles. The van der Waals surface area contributed by atoms with Crippen LogP contribution < -0.4 is 0 Å². The van der Waals surface area contributed by atoms with Gasteiger partial charge in [0.05, 0.1) is 4.32 Å². The summed E-state index contributed by atoms with van der Waals surface area (Å²) < 4.78 is 4.81. The van der Waals surface area contributed by atoms with Crippen molar-refractivity contribution in [2.24, 2.45) is 0 Å². The Morgan fingerprint density at radius 1 is 1.58 bits per heavy atom. The van der Waals surface area contributed by atoms with Crippen molar-refractivity contribution >= 4 is 21.9 Å². The molecule has 0 aromatic carbocycles. The molecule has 0 aromatic rings. The van der Waals surface area contributed by atoms with Gasteiger partial charge >= 0.3 is 5.97 Å². The maximum Gasteiger partial charge on any atom is 0.303 e. The molecule has 0 N–H and O–H groups in total. The van der Waals surface area contributed by atoms with Gasteiger partial charge in [-0.3, -0.25) is 4.79 Å².